The van der Waals surface area contributed by atoms with Crippen LogP contribution in [0.15, 0.2) is 0 Å². The second kappa shape index (κ2) is 9.19. The highest BCUT2D eigenvalue weighted by Crippen LogP contribution is 2.33. The van der Waals surface area contributed by atoms with E-state index in [1.54, 1.807) is 0 Å². The third-order valence-corrected chi connectivity index (χ3v) is 7.25. The number of rotatable bonds is 8. The van der Waals surface area contributed by atoms with Crippen LogP contribution in [0.2, 0.25) is 0 Å². The molecular weight excluding hydrogens is 266 g/mol. The van der Waals surface area contributed by atoms with Crippen molar-refractivity contribution in [3.05, 3.63) is 0 Å². The van der Waals surface area contributed by atoms with Gasteiger partial charge < -0.3 is 5.32 Å². The molecule has 0 radical (unpaired) electrons. The van der Waals surface area contributed by atoms with Gasteiger partial charge in [0.2, 0.25) is 0 Å². The van der Waals surface area contributed by atoms with Gasteiger partial charge in [-0.15, -0.1) is 0 Å². The molecular formula is C17H35NOS. The van der Waals surface area contributed by atoms with E-state index in [1.807, 2.05) is 0 Å². The molecule has 0 heterocycles. The Balaban J connectivity index is 2.72. The van der Waals surface area contributed by atoms with Crippen molar-refractivity contribution < 1.29 is 4.21 Å². The van der Waals surface area contributed by atoms with E-state index in [0.717, 1.165) is 18.9 Å². The zero-order chi connectivity index (χ0) is 15.1. The van der Waals surface area contributed by atoms with Crippen molar-refractivity contribution in [2.24, 2.45) is 11.8 Å². The predicted molar refractivity (Wildman–Crippen MR) is 90.6 cm³/mol. The van der Waals surface area contributed by atoms with Crippen LogP contribution in [0.4, 0.5) is 0 Å². The van der Waals surface area contributed by atoms with Gasteiger partial charge in [-0.1, -0.05) is 47.5 Å². The van der Waals surface area contributed by atoms with Crippen molar-refractivity contribution in [3.8, 4) is 0 Å². The normalized spacial score (nSPS) is 30.4. The Hall–Kier alpha value is 0.110. The predicted octanol–water partition coefficient (Wildman–Crippen LogP) is 4.12. The Labute approximate surface area is 128 Å². The number of hydrogen-bond donors (Lipinski definition) is 1. The summed E-state index contributed by atoms with van der Waals surface area (Å²) in [5.41, 5.74) is 0. The summed E-state index contributed by atoms with van der Waals surface area (Å²) >= 11 is 0. The smallest absolute Gasteiger partial charge is 0.0506 e. The lowest BCUT2D eigenvalue weighted by Crippen LogP contribution is -2.48. The molecule has 5 atom stereocenters. The molecule has 0 aromatic carbocycles. The molecule has 120 valence electrons. The molecule has 0 aromatic rings. The summed E-state index contributed by atoms with van der Waals surface area (Å²) < 4.78 is 12.9. The molecule has 5 unspecified atom stereocenters. The monoisotopic (exact) mass is 301 g/mol. The summed E-state index contributed by atoms with van der Waals surface area (Å²) in [7, 11) is -0.702. The largest absolute Gasteiger partial charge is 0.313 e. The summed E-state index contributed by atoms with van der Waals surface area (Å²) in [5.74, 6) is 1.31. The van der Waals surface area contributed by atoms with Gasteiger partial charge in [0.25, 0.3) is 0 Å². The second-order valence-corrected chi connectivity index (χ2v) is 8.85. The summed E-state index contributed by atoms with van der Waals surface area (Å²) in [4.78, 5) is 0. The minimum absolute atomic E-state index is 0.311. The fourth-order valence-corrected chi connectivity index (χ4v) is 5.35. The minimum atomic E-state index is -0.702. The maximum atomic E-state index is 12.9. The van der Waals surface area contributed by atoms with Gasteiger partial charge >= 0.3 is 0 Å². The van der Waals surface area contributed by atoms with Gasteiger partial charge in [0, 0.05) is 22.1 Å². The quantitative estimate of drug-likeness (QED) is 0.731. The Morgan fingerprint density at radius 2 is 1.85 bits per heavy atom. The fraction of sp³-hybridized carbons (Fsp3) is 1.00. The maximum absolute atomic E-state index is 12.9. The first-order chi connectivity index (χ1) is 9.51. The molecule has 0 amide bonds. The molecule has 0 saturated heterocycles. The number of hydrogen-bond acceptors (Lipinski definition) is 2. The fourth-order valence-electron chi connectivity index (χ4n) is 3.25. The standard InChI is InChI=1S/C17H35NOS/c1-6-8-15-9-10-16(18-11-7-2)17(12-15)20(19)14(5)13(3)4/h13-18H,6-12H2,1-5H3. The van der Waals surface area contributed by atoms with Gasteiger partial charge in [0.05, 0.1) is 5.25 Å². The van der Waals surface area contributed by atoms with Gasteiger partial charge in [0.15, 0.2) is 0 Å². The van der Waals surface area contributed by atoms with Crippen LogP contribution in [0.3, 0.4) is 0 Å². The summed E-state index contributed by atoms with van der Waals surface area (Å²) in [6, 6.07) is 0.477. The van der Waals surface area contributed by atoms with Crippen LogP contribution in [0.5, 0.6) is 0 Å². The van der Waals surface area contributed by atoms with E-state index in [-0.39, 0.29) is 0 Å². The lowest BCUT2D eigenvalue weighted by atomic mass is 9.83. The molecule has 1 saturated carbocycles. The second-order valence-electron chi connectivity index (χ2n) is 6.84. The Bertz CT molecular complexity index is 293. The molecule has 1 aliphatic rings. The lowest BCUT2D eigenvalue weighted by molar-refractivity contribution is 0.283. The van der Waals surface area contributed by atoms with Crippen molar-refractivity contribution in [3.63, 3.8) is 0 Å². The third-order valence-electron chi connectivity index (χ3n) is 4.86. The van der Waals surface area contributed by atoms with Crippen LogP contribution in [0.25, 0.3) is 0 Å². The Morgan fingerprint density at radius 1 is 1.15 bits per heavy atom. The van der Waals surface area contributed by atoms with E-state index in [1.165, 1.54) is 32.1 Å². The van der Waals surface area contributed by atoms with E-state index < -0.39 is 10.8 Å². The number of nitrogens with one attached hydrogen (secondary N) is 1. The van der Waals surface area contributed by atoms with E-state index in [0.29, 0.717) is 22.5 Å². The summed E-state index contributed by atoms with van der Waals surface area (Å²) in [5, 5.41) is 4.34. The average molecular weight is 302 g/mol. The van der Waals surface area contributed by atoms with Crippen LogP contribution >= 0.6 is 0 Å². The minimum Gasteiger partial charge on any atom is -0.313 e. The zero-order valence-electron chi connectivity index (χ0n) is 14.2. The van der Waals surface area contributed by atoms with Crippen molar-refractivity contribution >= 4 is 10.8 Å². The summed E-state index contributed by atoms with van der Waals surface area (Å²) in [6.45, 7) is 12.1. The lowest BCUT2D eigenvalue weighted by Gasteiger charge is -2.38. The molecule has 0 aromatic heterocycles. The van der Waals surface area contributed by atoms with E-state index >= 15 is 0 Å². The molecule has 1 rings (SSSR count). The topological polar surface area (TPSA) is 29.1 Å². The zero-order valence-corrected chi connectivity index (χ0v) is 15.0. The van der Waals surface area contributed by atoms with Crippen molar-refractivity contribution in [2.45, 2.75) is 89.7 Å². The van der Waals surface area contributed by atoms with Gasteiger partial charge in [-0.25, -0.2) is 0 Å². The highest BCUT2D eigenvalue weighted by molar-refractivity contribution is 7.86. The Morgan fingerprint density at radius 3 is 2.40 bits per heavy atom. The van der Waals surface area contributed by atoms with Gasteiger partial charge in [-0.2, -0.15) is 0 Å². The van der Waals surface area contributed by atoms with Crippen LogP contribution in [-0.4, -0.2) is 27.3 Å². The highest BCUT2D eigenvalue weighted by atomic mass is 32.2. The maximum Gasteiger partial charge on any atom is 0.0506 e. The van der Waals surface area contributed by atoms with Gasteiger partial charge in [-0.3, -0.25) is 4.21 Å². The molecule has 0 spiro atoms. The SMILES string of the molecule is CCCNC1CCC(CCC)CC1S(=O)C(C)C(C)C. The molecule has 3 heteroatoms. The van der Waals surface area contributed by atoms with Crippen molar-refractivity contribution in [1.82, 2.24) is 5.32 Å². The van der Waals surface area contributed by atoms with E-state index in [4.69, 9.17) is 0 Å². The first-order valence-corrected chi connectivity index (χ1v) is 9.91. The Kier molecular flexibility index (Phi) is 8.35. The van der Waals surface area contributed by atoms with E-state index in [2.05, 4.69) is 39.9 Å². The van der Waals surface area contributed by atoms with Crippen LogP contribution in [0.1, 0.15) is 73.1 Å². The van der Waals surface area contributed by atoms with Crippen molar-refractivity contribution in [2.75, 3.05) is 6.54 Å². The average Bonchev–Trinajstić information content (AvgIpc) is 2.44. The third kappa shape index (κ3) is 5.14. The van der Waals surface area contributed by atoms with Crippen LogP contribution in [0, 0.1) is 11.8 Å². The van der Waals surface area contributed by atoms with Crippen LogP contribution < -0.4 is 5.32 Å². The molecule has 20 heavy (non-hydrogen) atoms. The van der Waals surface area contributed by atoms with E-state index in [9.17, 15) is 4.21 Å². The van der Waals surface area contributed by atoms with Crippen molar-refractivity contribution in [1.29, 1.82) is 0 Å². The first kappa shape index (κ1) is 18.2. The molecule has 2 nitrogen and oxygen atoms in total. The molecule has 1 fully saturated rings. The molecule has 0 bridgehead atoms. The van der Waals surface area contributed by atoms with Crippen LogP contribution in [-0.2, 0) is 10.8 Å². The molecule has 1 N–H and O–H groups in total. The first-order valence-electron chi connectivity index (χ1n) is 8.63. The highest BCUT2D eigenvalue weighted by Gasteiger charge is 2.36. The summed E-state index contributed by atoms with van der Waals surface area (Å²) in [6.07, 6.45) is 7.43. The molecule has 0 aliphatic heterocycles. The van der Waals surface area contributed by atoms with Gasteiger partial charge in [0.1, 0.15) is 0 Å². The molecule has 1 aliphatic carbocycles. The van der Waals surface area contributed by atoms with Gasteiger partial charge in [-0.05, 0) is 44.1 Å².